The molecule has 6 rings (SSSR count). The van der Waals surface area contributed by atoms with Gasteiger partial charge in [0.15, 0.2) is 0 Å². The highest BCUT2D eigenvalue weighted by Gasteiger charge is 2.44. The second kappa shape index (κ2) is 7.96. The van der Waals surface area contributed by atoms with Crippen molar-refractivity contribution in [3.8, 4) is 0 Å². The van der Waals surface area contributed by atoms with Gasteiger partial charge in [-0.05, 0) is 53.6 Å². The van der Waals surface area contributed by atoms with Crippen LogP contribution in [-0.2, 0) is 16.0 Å². The Morgan fingerprint density at radius 3 is 2.26 bits per heavy atom. The normalized spacial score (nSPS) is 15.9. The fourth-order valence-electron chi connectivity index (χ4n) is 5.03. The van der Waals surface area contributed by atoms with Crippen LogP contribution < -0.4 is 9.80 Å². The number of anilines is 2. The summed E-state index contributed by atoms with van der Waals surface area (Å²) in [6, 6.07) is 27.1. The number of nitrogens with zero attached hydrogens (tertiary/aromatic N) is 2. The van der Waals surface area contributed by atoms with Crippen molar-refractivity contribution in [3.05, 3.63) is 114 Å². The van der Waals surface area contributed by atoms with Crippen molar-refractivity contribution in [2.75, 3.05) is 16.3 Å². The molecule has 0 atom stereocenters. The molecule has 0 unspecified atom stereocenters. The maximum absolute atomic E-state index is 14.1. The highest BCUT2D eigenvalue weighted by molar-refractivity contribution is 6.47. The zero-order valence-corrected chi connectivity index (χ0v) is 18.4. The van der Waals surface area contributed by atoms with Gasteiger partial charge in [-0.15, -0.1) is 0 Å². The second-order valence-electron chi connectivity index (χ2n) is 8.56. The summed E-state index contributed by atoms with van der Waals surface area (Å²) in [5.74, 6) is -1.15. The Labute approximate surface area is 196 Å². The van der Waals surface area contributed by atoms with E-state index in [0.717, 1.165) is 34.9 Å². The molecule has 0 bridgehead atoms. The summed E-state index contributed by atoms with van der Waals surface area (Å²) in [5, 5.41) is 1.77. The number of halogens is 1. The Morgan fingerprint density at radius 2 is 1.41 bits per heavy atom. The summed E-state index contributed by atoms with van der Waals surface area (Å²) in [7, 11) is 0. The van der Waals surface area contributed by atoms with Gasteiger partial charge < -0.3 is 4.90 Å². The largest absolute Gasteiger partial charge is 0.336 e. The van der Waals surface area contributed by atoms with Gasteiger partial charge in [-0.3, -0.25) is 9.59 Å². The van der Waals surface area contributed by atoms with Gasteiger partial charge in [0.05, 0.1) is 11.3 Å². The number of carbonyl (C=O) groups excluding carboxylic acids is 2. The average Bonchev–Trinajstić information content (AvgIpc) is 3.13. The molecule has 4 nitrogen and oxygen atoms in total. The molecule has 0 fully saturated rings. The van der Waals surface area contributed by atoms with Crippen LogP contribution in [0.15, 0.2) is 96.7 Å². The molecule has 0 aliphatic carbocycles. The maximum Gasteiger partial charge on any atom is 0.282 e. The van der Waals surface area contributed by atoms with E-state index in [9.17, 15) is 14.0 Å². The summed E-state index contributed by atoms with van der Waals surface area (Å²) in [5.41, 5.74) is 3.80. The zero-order chi connectivity index (χ0) is 23.2. The van der Waals surface area contributed by atoms with Gasteiger partial charge in [-0.1, -0.05) is 66.7 Å². The molecule has 0 saturated carbocycles. The van der Waals surface area contributed by atoms with Crippen LogP contribution in [0.3, 0.4) is 0 Å². The van der Waals surface area contributed by atoms with Crippen LogP contribution >= 0.6 is 0 Å². The molecule has 0 aromatic heterocycles. The minimum Gasteiger partial charge on any atom is -0.336 e. The molecule has 166 valence electrons. The number of carbonyl (C=O) groups is 2. The Balaban J connectivity index is 1.57. The number of fused-ring (bicyclic) bond motifs is 2. The quantitative estimate of drug-likeness (QED) is 0.377. The molecule has 0 radical (unpaired) electrons. The third-order valence-electron chi connectivity index (χ3n) is 6.58. The summed E-state index contributed by atoms with van der Waals surface area (Å²) >= 11 is 0. The number of hydrogen-bond acceptors (Lipinski definition) is 3. The van der Waals surface area contributed by atoms with Crippen LogP contribution in [0.2, 0.25) is 0 Å². The van der Waals surface area contributed by atoms with Crippen LogP contribution in [0, 0.1) is 5.82 Å². The number of hydrogen-bond donors (Lipinski definition) is 0. The first kappa shape index (κ1) is 20.4. The fraction of sp³-hybridized carbons (Fsp3) is 0.103. The van der Waals surface area contributed by atoms with Gasteiger partial charge in [-0.25, -0.2) is 9.29 Å². The second-order valence-corrected chi connectivity index (χ2v) is 8.56. The van der Waals surface area contributed by atoms with Gasteiger partial charge in [0.25, 0.3) is 11.8 Å². The van der Waals surface area contributed by atoms with E-state index < -0.39 is 11.7 Å². The van der Waals surface area contributed by atoms with Crippen molar-refractivity contribution in [1.82, 2.24) is 0 Å². The molecule has 4 aromatic rings. The van der Waals surface area contributed by atoms with Crippen LogP contribution in [0.4, 0.5) is 15.8 Å². The van der Waals surface area contributed by atoms with E-state index >= 15 is 0 Å². The van der Waals surface area contributed by atoms with Crippen LogP contribution in [0.5, 0.6) is 0 Å². The van der Waals surface area contributed by atoms with Crippen LogP contribution in [0.25, 0.3) is 16.3 Å². The van der Waals surface area contributed by atoms with Crippen molar-refractivity contribution in [2.45, 2.75) is 12.8 Å². The summed E-state index contributed by atoms with van der Waals surface area (Å²) in [4.78, 5) is 31.2. The minimum atomic E-state index is -0.397. The lowest BCUT2D eigenvalue weighted by Crippen LogP contribution is -2.37. The van der Waals surface area contributed by atoms with Gasteiger partial charge in [0.1, 0.15) is 11.5 Å². The summed E-state index contributed by atoms with van der Waals surface area (Å²) in [6.07, 6.45) is 1.79. The zero-order valence-electron chi connectivity index (χ0n) is 18.4. The Bertz CT molecular complexity index is 1480. The summed E-state index contributed by atoms with van der Waals surface area (Å²) < 4.78 is 13.7. The first-order chi connectivity index (χ1) is 16.6. The van der Waals surface area contributed by atoms with Crippen molar-refractivity contribution >= 4 is 39.5 Å². The average molecular weight is 448 g/mol. The molecular formula is C29H21FN2O2. The van der Waals surface area contributed by atoms with Gasteiger partial charge >= 0.3 is 0 Å². The number of aryl methyl sites for hydroxylation is 1. The standard InChI is InChI=1S/C29H21FN2O2/c30-22-16-14-21(15-17-22)26-27(31-18-6-10-20-8-2-4-12-24(20)31)29(34)32(28(26)33)25-13-5-9-19-7-1-3-11-23(19)25/h1-5,7-9,11-17H,6,10,18H2. The molecule has 2 heterocycles. The minimum absolute atomic E-state index is 0.301. The number of para-hydroxylation sites is 1. The molecule has 2 amide bonds. The summed E-state index contributed by atoms with van der Waals surface area (Å²) in [6.45, 7) is 0.624. The predicted octanol–water partition coefficient (Wildman–Crippen LogP) is 5.72. The maximum atomic E-state index is 14.1. The Kier molecular flexibility index (Phi) is 4.77. The lowest BCUT2D eigenvalue weighted by molar-refractivity contribution is -0.120. The smallest absolute Gasteiger partial charge is 0.282 e. The highest BCUT2D eigenvalue weighted by atomic mass is 19.1. The highest BCUT2D eigenvalue weighted by Crippen LogP contribution is 2.41. The number of rotatable bonds is 3. The number of benzene rings is 4. The van der Waals surface area contributed by atoms with E-state index in [1.165, 1.54) is 17.0 Å². The predicted molar refractivity (Wildman–Crippen MR) is 132 cm³/mol. The first-order valence-corrected chi connectivity index (χ1v) is 11.4. The van der Waals surface area contributed by atoms with E-state index in [4.69, 9.17) is 0 Å². The molecule has 0 spiro atoms. The van der Waals surface area contributed by atoms with Crippen molar-refractivity contribution in [2.24, 2.45) is 0 Å². The third kappa shape index (κ3) is 3.12. The SMILES string of the molecule is O=C1C(c2ccc(F)cc2)=C(N2CCCc3ccccc32)C(=O)N1c1cccc2ccccc12. The first-order valence-electron chi connectivity index (χ1n) is 11.4. The van der Waals surface area contributed by atoms with Gasteiger partial charge in [0, 0.05) is 17.6 Å². The number of imide groups is 1. The molecule has 34 heavy (non-hydrogen) atoms. The molecule has 0 N–H and O–H groups in total. The van der Waals surface area contributed by atoms with Crippen LogP contribution in [0.1, 0.15) is 17.5 Å². The molecule has 5 heteroatoms. The van der Waals surface area contributed by atoms with E-state index in [-0.39, 0.29) is 5.91 Å². The van der Waals surface area contributed by atoms with E-state index in [0.29, 0.717) is 29.1 Å². The van der Waals surface area contributed by atoms with Gasteiger partial charge in [-0.2, -0.15) is 0 Å². The van der Waals surface area contributed by atoms with Crippen molar-refractivity contribution in [1.29, 1.82) is 0 Å². The molecular weight excluding hydrogens is 427 g/mol. The fourth-order valence-corrected chi connectivity index (χ4v) is 5.03. The Morgan fingerprint density at radius 1 is 0.706 bits per heavy atom. The van der Waals surface area contributed by atoms with E-state index in [1.54, 1.807) is 18.2 Å². The van der Waals surface area contributed by atoms with Crippen molar-refractivity contribution in [3.63, 3.8) is 0 Å². The van der Waals surface area contributed by atoms with E-state index in [1.807, 2.05) is 59.5 Å². The number of amides is 2. The molecule has 4 aromatic carbocycles. The molecule has 2 aliphatic heterocycles. The lowest BCUT2D eigenvalue weighted by atomic mass is 9.98. The Hall–Kier alpha value is -4.25. The molecule has 2 aliphatic rings. The molecule has 0 saturated heterocycles. The van der Waals surface area contributed by atoms with Crippen molar-refractivity contribution < 1.29 is 14.0 Å². The van der Waals surface area contributed by atoms with Gasteiger partial charge in [0.2, 0.25) is 0 Å². The lowest BCUT2D eigenvalue weighted by Gasteiger charge is -2.32. The topological polar surface area (TPSA) is 40.6 Å². The van der Waals surface area contributed by atoms with E-state index in [2.05, 4.69) is 6.07 Å². The third-order valence-corrected chi connectivity index (χ3v) is 6.58. The monoisotopic (exact) mass is 448 g/mol. The van der Waals surface area contributed by atoms with Crippen LogP contribution in [-0.4, -0.2) is 18.4 Å².